The van der Waals surface area contributed by atoms with Gasteiger partial charge in [-0.25, -0.2) is 4.68 Å². The molecule has 0 saturated carbocycles. The molecule has 2 N–H and O–H groups in total. The largest absolute Gasteiger partial charge is 0.368 e. The average Bonchev–Trinajstić information content (AvgIpc) is 2.34. The fourth-order valence-corrected chi connectivity index (χ4v) is 0.815. The Labute approximate surface area is 70.6 Å². The molecule has 0 saturated heterocycles. The third-order valence-electron chi connectivity index (χ3n) is 1.47. The van der Waals surface area contributed by atoms with Crippen LogP contribution in [-0.4, -0.2) is 20.9 Å². The van der Waals surface area contributed by atoms with Crippen LogP contribution >= 0.6 is 0 Å². The minimum atomic E-state index is -0.407. The Morgan fingerprint density at radius 2 is 2.42 bits per heavy atom. The van der Waals surface area contributed by atoms with Crippen molar-refractivity contribution in [2.45, 2.75) is 26.3 Å². The van der Waals surface area contributed by atoms with Crippen molar-refractivity contribution in [2.24, 2.45) is 5.73 Å². The van der Waals surface area contributed by atoms with Crippen molar-refractivity contribution in [2.75, 3.05) is 0 Å². The van der Waals surface area contributed by atoms with Gasteiger partial charge in [0, 0.05) is 6.20 Å². The third-order valence-corrected chi connectivity index (χ3v) is 1.47. The lowest BCUT2D eigenvalue weighted by Gasteiger charge is -1.95. The van der Waals surface area contributed by atoms with Gasteiger partial charge in [0.15, 0.2) is 0 Å². The summed E-state index contributed by atoms with van der Waals surface area (Å²) in [5, 5.41) is 7.62. The van der Waals surface area contributed by atoms with E-state index in [1.165, 1.54) is 4.68 Å². The summed E-state index contributed by atoms with van der Waals surface area (Å²) < 4.78 is 1.44. The molecule has 0 aliphatic carbocycles. The van der Waals surface area contributed by atoms with Crippen LogP contribution < -0.4 is 5.73 Å². The van der Waals surface area contributed by atoms with E-state index < -0.39 is 5.91 Å². The smallest absolute Gasteiger partial charge is 0.239 e. The summed E-state index contributed by atoms with van der Waals surface area (Å²) in [5.41, 5.74) is 5.85. The maximum atomic E-state index is 10.5. The summed E-state index contributed by atoms with van der Waals surface area (Å²) in [7, 11) is 0. The Balaban J connectivity index is 2.70. The van der Waals surface area contributed by atoms with Gasteiger partial charge in [0.2, 0.25) is 5.91 Å². The predicted molar refractivity (Wildman–Crippen MR) is 43.3 cm³/mol. The first-order valence-corrected chi connectivity index (χ1v) is 3.78. The number of nitrogens with two attached hydrogens (primary N) is 1. The first-order valence-electron chi connectivity index (χ1n) is 3.78. The first-order chi connectivity index (χ1) is 5.59. The van der Waals surface area contributed by atoms with Gasteiger partial charge in [-0.1, -0.05) is 19.1 Å². The van der Waals surface area contributed by atoms with Crippen molar-refractivity contribution in [1.82, 2.24) is 15.0 Å². The molecule has 0 aromatic carbocycles. The second-order valence-electron chi connectivity index (χ2n) is 2.96. The molecule has 12 heavy (non-hydrogen) atoms. The van der Waals surface area contributed by atoms with E-state index in [9.17, 15) is 4.79 Å². The monoisotopic (exact) mass is 168 g/mol. The molecule has 0 fully saturated rings. The molecule has 1 heterocycles. The van der Waals surface area contributed by atoms with Gasteiger partial charge in [-0.2, -0.15) is 0 Å². The van der Waals surface area contributed by atoms with Gasteiger partial charge < -0.3 is 5.73 Å². The van der Waals surface area contributed by atoms with Gasteiger partial charge in [0.05, 0.1) is 5.69 Å². The van der Waals surface area contributed by atoms with Crippen LogP contribution in [0.15, 0.2) is 6.20 Å². The second kappa shape index (κ2) is 3.34. The third kappa shape index (κ3) is 2.05. The number of aromatic nitrogens is 3. The summed E-state index contributed by atoms with van der Waals surface area (Å²) in [5.74, 6) is -0.0816. The highest BCUT2D eigenvalue weighted by Crippen LogP contribution is 2.08. The minimum absolute atomic E-state index is 0.0969. The van der Waals surface area contributed by atoms with Crippen molar-refractivity contribution >= 4 is 5.91 Å². The molecule has 5 nitrogen and oxygen atoms in total. The maximum Gasteiger partial charge on any atom is 0.239 e. The molecule has 0 bridgehead atoms. The number of carbonyl (C=O) groups is 1. The summed E-state index contributed by atoms with van der Waals surface area (Å²) >= 11 is 0. The Kier molecular flexibility index (Phi) is 2.42. The summed E-state index contributed by atoms with van der Waals surface area (Å²) in [6, 6.07) is 0. The molecule has 66 valence electrons. The van der Waals surface area contributed by atoms with E-state index in [0.29, 0.717) is 5.92 Å². The van der Waals surface area contributed by atoms with Crippen molar-refractivity contribution in [3.8, 4) is 0 Å². The zero-order valence-corrected chi connectivity index (χ0v) is 7.19. The molecule has 0 radical (unpaired) electrons. The molecule has 0 aliphatic rings. The minimum Gasteiger partial charge on any atom is -0.368 e. The second-order valence-corrected chi connectivity index (χ2v) is 2.96. The van der Waals surface area contributed by atoms with E-state index >= 15 is 0 Å². The van der Waals surface area contributed by atoms with E-state index in [1.54, 1.807) is 6.20 Å². The zero-order chi connectivity index (χ0) is 9.14. The molecular weight excluding hydrogens is 156 g/mol. The Morgan fingerprint density at radius 3 is 2.83 bits per heavy atom. The zero-order valence-electron chi connectivity index (χ0n) is 7.19. The van der Waals surface area contributed by atoms with Gasteiger partial charge in [-0.15, -0.1) is 5.10 Å². The van der Waals surface area contributed by atoms with Gasteiger partial charge in [-0.05, 0) is 5.92 Å². The Hall–Kier alpha value is -1.39. The lowest BCUT2D eigenvalue weighted by molar-refractivity contribution is -0.118. The van der Waals surface area contributed by atoms with Crippen LogP contribution in [0.1, 0.15) is 25.5 Å². The number of primary amides is 1. The lowest BCUT2D eigenvalue weighted by Crippen LogP contribution is -2.18. The van der Waals surface area contributed by atoms with E-state index in [4.69, 9.17) is 5.73 Å². The van der Waals surface area contributed by atoms with Crippen LogP contribution in [0.25, 0.3) is 0 Å². The summed E-state index contributed by atoms with van der Waals surface area (Å²) in [6.07, 6.45) is 1.73. The molecule has 0 spiro atoms. The molecule has 5 heteroatoms. The average molecular weight is 168 g/mol. The molecule has 0 aliphatic heterocycles. The number of carbonyl (C=O) groups excluding carboxylic acids is 1. The molecule has 1 rings (SSSR count). The van der Waals surface area contributed by atoms with E-state index in [1.807, 2.05) is 13.8 Å². The highest BCUT2D eigenvalue weighted by molar-refractivity contribution is 5.73. The molecule has 1 aromatic rings. The van der Waals surface area contributed by atoms with Crippen LogP contribution in [0.2, 0.25) is 0 Å². The normalized spacial score (nSPS) is 10.6. The fraction of sp³-hybridized carbons (Fsp3) is 0.571. The fourth-order valence-electron chi connectivity index (χ4n) is 0.815. The van der Waals surface area contributed by atoms with Gasteiger partial charge in [-0.3, -0.25) is 4.79 Å². The number of amides is 1. The van der Waals surface area contributed by atoms with Crippen molar-refractivity contribution in [3.63, 3.8) is 0 Å². The van der Waals surface area contributed by atoms with Gasteiger partial charge >= 0.3 is 0 Å². The van der Waals surface area contributed by atoms with Crippen LogP contribution in [0.3, 0.4) is 0 Å². The van der Waals surface area contributed by atoms with Crippen molar-refractivity contribution in [1.29, 1.82) is 0 Å². The lowest BCUT2D eigenvalue weighted by atomic mass is 10.2. The molecule has 1 aromatic heterocycles. The van der Waals surface area contributed by atoms with Crippen molar-refractivity contribution < 1.29 is 4.79 Å². The van der Waals surface area contributed by atoms with Crippen molar-refractivity contribution in [3.05, 3.63) is 11.9 Å². The Bertz CT molecular complexity index is 279. The van der Waals surface area contributed by atoms with E-state index in [0.717, 1.165) is 5.69 Å². The SMILES string of the molecule is CC(C)c1cn(CC(N)=O)nn1. The van der Waals surface area contributed by atoms with Gasteiger partial charge in [0.25, 0.3) is 0 Å². The van der Waals surface area contributed by atoms with E-state index in [-0.39, 0.29) is 6.54 Å². The van der Waals surface area contributed by atoms with Crippen LogP contribution in [0, 0.1) is 0 Å². The summed E-state index contributed by atoms with van der Waals surface area (Å²) in [4.78, 5) is 10.5. The maximum absolute atomic E-state index is 10.5. The van der Waals surface area contributed by atoms with E-state index in [2.05, 4.69) is 10.3 Å². The quantitative estimate of drug-likeness (QED) is 0.684. The van der Waals surface area contributed by atoms with Crippen LogP contribution in [-0.2, 0) is 11.3 Å². The number of hydrogen-bond acceptors (Lipinski definition) is 3. The predicted octanol–water partition coefficient (Wildman–Crippen LogP) is -0.113. The standard InChI is InChI=1S/C7H12N4O/c1-5(2)6-3-11(10-9-6)4-7(8)12/h3,5H,4H2,1-2H3,(H2,8,12). The highest BCUT2D eigenvalue weighted by atomic mass is 16.1. The van der Waals surface area contributed by atoms with Crippen LogP contribution in [0.4, 0.5) is 0 Å². The molecule has 0 unspecified atom stereocenters. The van der Waals surface area contributed by atoms with Gasteiger partial charge in [0.1, 0.15) is 6.54 Å². The number of rotatable bonds is 3. The summed E-state index contributed by atoms with van der Waals surface area (Å²) in [6.45, 7) is 4.12. The number of nitrogens with zero attached hydrogens (tertiary/aromatic N) is 3. The molecule has 1 amide bonds. The highest BCUT2D eigenvalue weighted by Gasteiger charge is 2.05. The molecule has 0 atom stereocenters. The first kappa shape index (κ1) is 8.70. The Morgan fingerprint density at radius 1 is 1.75 bits per heavy atom. The number of hydrogen-bond donors (Lipinski definition) is 1. The van der Waals surface area contributed by atoms with Crippen LogP contribution in [0.5, 0.6) is 0 Å². The molecular formula is C7H12N4O. The topological polar surface area (TPSA) is 73.8 Å².